The summed E-state index contributed by atoms with van der Waals surface area (Å²) in [5.74, 6) is 0. The number of aromatic nitrogens is 1. The number of hydrogen-bond acceptors (Lipinski definition) is 3. The average Bonchev–Trinajstić information content (AvgIpc) is 2.61. The Balaban J connectivity index is 2.52. The normalized spacial score (nSPS) is 10.4. The molecule has 2 aromatic rings. The highest BCUT2D eigenvalue weighted by molar-refractivity contribution is 7.10. The molecule has 0 aliphatic carbocycles. The topological polar surface area (TPSA) is 33.1 Å². The van der Waals surface area contributed by atoms with Crippen molar-refractivity contribution >= 4 is 23.1 Å². The van der Waals surface area contributed by atoms with Gasteiger partial charge in [-0.25, -0.2) is 0 Å². The number of hydrogen-bond donors (Lipinski definition) is 1. The summed E-state index contributed by atoms with van der Waals surface area (Å²) >= 11 is 7.15. The molecule has 72 valence electrons. The Morgan fingerprint density at radius 1 is 1.29 bits per heavy atom. The Bertz CT molecular complexity index is 427. The van der Waals surface area contributed by atoms with E-state index in [1.54, 1.807) is 0 Å². The summed E-state index contributed by atoms with van der Waals surface area (Å²) in [6.45, 7) is -0.0699. The summed E-state index contributed by atoms with van der Waals surface area (Å²) in [7, 11) is 0. The van der Waals surface area contributed by atoms with Crippen LogP contribution in [0.1, 0.15) is 5.56 Å². The highest BCUT2D eigenvalue weighted by atomic mass is 35.5. The summed E-state index contributed by atoms with van der Waals surface area (Å²) in [6, 6.07) is 9.80. The molecule has 0 aliphatic rings. The first-order valence-corrected chi connectivity index (χ1v) is 5.28. The molecular weight excluding hydrogens is 218 g/mol. The van der Waals surface area contributed by atoms with Crippen LogP contribution in [0.5, 0.6) is 0 Å². The van der Waals surface area contributed by atoms with Gasteiger partial charge in [0.1, 0.15) is 5.15 Å². The number of halogens is 1. The van der Waals surface area contributed by atoms with Gasteiger partial charge in [0.25, 0.3) is 0 Å². The largest absolute Gasteiger partial charge is 0.392 e. The van der Waals surface area contributed by atoms with Gasteiger partial charge < -0.3 is 5.11 Å². The summed E-state index contributed by atoms with van der Waals surface area (Å²) in [6.07, 6.45) is 0. The van der Waals surface area contributed by atoms with Gasteiger partial charge >= 0.3 is 0 Å². The lowest BCUT2D eigenvalue weighted by Gasteiger charge is -1.99. The van der Waals surface area contributed by atoms with Gasteiger partial charge in [0.2, 0.25) is 0 Å². The Hall–Kier alpha value is -0.900. The number of rotatable bonds is 2. The summed E-state index contributed by atoms with van der Waals surface area (Å²) < 4.78 is 4.01. The second-order valence-corrected chi connectivity index (χ2v) is 3.94. The van der Waals surface area contributed by atoms with E-state index < -0.39 is 0 Å². The Morgan fingerprint density at radius 3 is 2.64 bits per heavy atom. The molecule has 0 saturated carbocycles. The SMILES string of the molecule is OCc1c(Cl)nsc1-c1ccccc1. The summed E-state index contributed by atoms with van der Waals surface area (Å²) in [4.78, 5) is 0.943. The molecule has 0 amide bonds. The standard InChI is InChI=1S/C10H8ClNOS/c11-10-8(6-13)9(14-12-10)7-4-2-1-3-5-7/h1-5,13H,6H2. The van der Waals surface area contributed by atoms with Crippen LogP contribution < -0.4 is 0 Å². The van der Waals surface area contributed by atoms with E-state index in [1.165, 1.54) is 11.5 Å². The molecular formula is C10H8ClNOS. The molecule has 0 saturated heterocycles. The van der Waals surface area contributed by atoms with E-state index in [2.05, 4.69) is 4.37 Å². The lowest BCUT2D eigenvalue weighted by atomic mass is 10.1. The molecule has 0 radical (unpaired) electrons. The highest BCUT2D eigenvalue weighted by Crippen LogP contribution is 2.32. The van der Waals surface area contributed by atoms with Crippen LogP contribution in [-0.4, -0.2) is 9.48 Å². The predicted molar refractivity (Wildman–Crippen MR) is 58.5 cm³/mol. The molecule has 0 atom stereocenters. The van der Waals surface area contributed by atoms with E-state index in [1.807, 2.05) is 30.3 Å². The van der Waals surface area contributed by atoms with Crippen molar-refractivity contribution in [2.24, 2.45) is 0 Å². The molecule has 0 unspecified atom stereocenters. The lowest BCUT2D eigenvalue weighted by molar-refractivity contribution is 0.282. The Labute approximate surface area is 91.0 Å². The average molecular weight is 226 g/mol. The molecule has 1 heterocycles. The van der Waals surface area contributed by atoms with Crippen molar-refractivity contribution < 1.29 is 5.11 Å². The van der Waals surface area contributed by atoms with E-state index in [-0.39, 0.29) is 6.61 Å². The Morgan fingerprint density at radius 2 is 2.00 bits per heavy atom. The molecule has 1 aromatic heterocycles. The molecule has 4 heteroatoms. The van der Waals surface area contributed by atoms with Crippen molar-refractivity contribution in [3.8, 4) is 10.4 Å². The minimum atomic E-state index is -0.0699. The van der Waals surface area contributed by atoms with Crippen LogP contribution in [0.15, 0.2) is 30.3 Å². The second-order valence-electron chi connectivity index (χ2n) is 2.81. The molecule has 1 aromatic carbocycles. The van der Waals surface area contributed by atoms with Crippen LogP contribution in [0.2, 0.25) is 5.15 Å². The fourth-order valence-electron chi connectivity index (χ4n) is 1.24. The molecule has 1 N–H and O–H groups in total. The van der Waals surface area contributed by atoms with Crippen molar-refractivity contribution in [1.82, 2.24) is 4.37 Å². The van der Waals surface area contributed by atoms with Gasteiger partial charge in [-0.3, -0.25) is 0 Å². The minimum Gasteiger partial charge on any atom is -0.392 e. The number of aliphatic hydroxyl groups excluding tert-OH is 1. The maximum Gasteiger partial charge on any atom is 0.148 e. The summed E-state index contributed by atoms with van der Waals surface area (Å²) in [5.41, 5.74) is 1.75. The third-order valence-corrected chi connectivity index (χ3v) is 3.29. The van der Waals surface area contributed by atoms with Gasteiger partial charge in [-0.2, -0.15) is 4.37 Å². The van der Waals surface area contributed by atoms with Crippen molar-refractivity contribution in [1.29, 1.82) is 0 Å². The minimum absolute atomic E-state index is 0.0699. The van der Waals surface area contributed by atoms with Crippen molar-refractivity contribution in [2.45, 2.75) is 6.61 Å². The zero-order valence-corrected chi connectivity index (χ0v) is 8.85. The van der Waals surface area contributed by atoms with Crippen LogP contribution in [0, 0.1) is 0 Å². The van der Waals surface area contributed by atoms with E-state index in [9.17, 15) is 0 Å². The first kappa shape index (κ1) is 9.65. The molecule has 0 spiro atoms. The molecule has 0 bridgehead atoms. The molecule has 2 nitrogen and oxygen atoms in total. The molecule has 2 rings (SSSR count). The van der Waals surface area contributed by atoms with E-state index >= 15 is 0 Å². The highest BCUT2D eigenvalue weighted by Gasteiger charge is 2.12. The van der Waals surface area contributed by atoms with Crippen LogP contribution in [0.25, 0.3) is 10.4 Å². The third kappa shape index (κ3) is 1.66. The Kier molecular flexibility index (Phi) is 2.82. The zero-order valence-electron chi connectivity index (χ0n) is 7.27. The van der Waals surface area contributed by atoms with Crippen LogP contribution in [-0.2, 0) is 6.61 Å². The first-order valence-electron chi connectivity index (χ1n) is 4.13. The number of nitrogens with zero attached hydrogens (tertiary/aromatic N) is 1. The van der Waals surface area contributed by atoms with E-state index in [0.29, 0.717) is 10.7 Å². The fraction of sp³-hybridized carbons (Fsp3) is 0.100. The van der Waals surface area contributed by atoms with Crippen LogP contribution in [0.4, 0.5) is 0 Å². The van der Waals surface area contributed by atoms with Crippen LogP contribution >= 0.6 is 23.1 Å². The van der Waals surface area contributed by atoms with Crippen molar-refractivity contribution in [3.05, 3.63) is 41.0 Å². The van der Waals surface area contributed by atoms with Gasteiger partial charge in [0.15, 0.2) is 0 Å². The number of aliphatic hydroxyl groups is 1. The maximum atomic E-state index is 9.13. The van der Waals surface area contributed by atoms with Crippen molar-refractivity contribution in [2.75, 3.05) is 0 Å². The summed E-state index contributed by atoms with van der Waals surface area (Å²) in [5, 5.41) is 9.53. The molecule has 0 fully saturated rings. The van der Waals surface area contributed by atoms with Crippen molar-refractivity contribution in [3.63, 3.8) is 0 Å². The smallest absolute Gasteiger partial charge is 0.148 e. The molecule has 14 heavy (non-hydrogen) atoms. The third-order valence-electron chi connectivity index (χ3n) is 1.93. The van der Waals surface area contributed by atoms with Gasteiger partial charge in [0, 0.05) is 5.56 Å². The lowest BCUT2D eigenvalue weighted by Crippen LogP contribution is -1.84. The predicted octanol–water partition coefficient (Wildman–Crippen LogP) is 2.96. The van der Waals surface area contributed by atoms with Gasteiger partial charge in [-0.05, 0) is 17.1 Å². The first-order chi connectivity index (χ1) is 6.83. The number of benzene rings is 1. The van der Waals surface area contributed by atoms with E-state index in [4.69, 9.17) is 16.7 Å². The van der Waals surface area contributed by atoms with Gasteiger partial charge in [-0.1, -0.05) is 41.9 Å². The zero-order chi connectivity index (χ0) is 9.97. The van der Waals surface area contributed by atoms with Gasteiger partial charge in [-0.15, -0.1) is 0 Å². The quantitative estimate of drug-likeness (QED) is 0.853. The fourth-order valence-corrected chi connectivity index (χ4v) is 2.35. The maximum absolute atomic E-state index is 9.13. The van der Waals surface area contributed by atoms with E-state index in [0.717, 1.165) is 10.4 Å². The van der Waals surface area contributed by atoms with Crippen LogP contribution in [0.3, 0.4) is 0 Å². The molecule has 0 aliphatic heterocycles. The second kappa shape index (κ2) is 4.09. The van der Waals surface area contributed by atoms with Gasteiger partial charge in [0.05, 0.1) is 11.5 Å². The monoisotopic (exact) mass is 225 g/mol.